The summed E-state index contributed by atoms with van der Waals surface area (Å²) in [6, 6.07) is 0. The normalized spacial score (nSPS) is 33.0. The first-order valence-electron chi connectivity index (χ1n) is 2.81. The van der Waals surface area contributed by atoms with E-state index >= 15 is 0 Å². The van der Waals surface area contributed by atoms with E-state index in [-0.39, 0.29) is 0 Å². The van der Waals surface area contributed by atoms with Gasteiger partial charge in [-0.2, -0.15) is 0 Å². The van der Waals surface area contributed by atoms with E-state index in [0.717, 1.165) is 19.7 Å². The Balaban J connectivity index is 2.23. The number of ether oxygens (including phenoxy) is 1. The molecule has 0 N–H and O–H groups in total. The number of hydrogen-bond donors (Lipinski definition) is 0. The predicted molar refractivity (Wildman–Crippen MR) is 35.9 cm³/mol. The third-order valence-electron chi connectivity index (χ3n) is 1.19. The Bertz CT molecular complexity index is 70.8. The Kier molecular flexibility index (Phi) is 2.28. The van der Waals surface area contributed by atoms with E-state index in [1.165, 1.54) is 0 Å². The summed E-state index contributed by atoms with van der Waals surface area (Å²) in [6.45, 7) is 4.93. The monoisotopic (exact) mass is 179 g/mol. The summed E-state index contributed by atoms with van der Waals surface area (Å²) in [5, 5.41) is 0. The van der Waals surface area contributed by atoms with Crippen LogP contribution in [-0.2, 0) is 4.74 Å². The second-order valence-corrected chi connectivity index (χ2v) is 3.05. The highest BCUT2D eigenvalue weighted by Gasteiger charge is 2.12. The summed E-state index contributed by atoms with van der Waals surface area (Å²) in [4.78, 5) is 0. The molecule has 1 rings (SSSR count). The molecule has 0 spiro atoms. The summed E-state index contributed by atoms with van der Waals surface area (Å²) < 4.78 is 7.37. The fraction of sp³-hybridized carbons (Fsp3) is 1.00. The topological polar surface area (TPSA) is 12.5 Å². The predicted octanol–water partition coefficient (Wildman–Crippen LogP) is 1.02. The van der Waals surface area contributed by atoms with Crippen molar-refractivity contribution in [1.29, 1.82) is 0 Å². The summed E-state index contributed by atoms with van der Waals surface area (Å²) in [5.74, 6) is 0. The zero-order valence-corrected chi connectivity index (χ0v) is 6.52. The van der Waals surface area contributed by atoms with Crippen molar-refractivity contribution in [1.82, 2.24) is 3.93 Å². The van der Waals surface area contributed by atoms with E-state index in [9.17, 15) is 0 Å². The van der Waals surface area contributed by atoms with Gasteiger partial charge >= 0.3 is 0 Å². The summed E-state index contributed by atoms with van der Waals surface area (Å²) in [7, 11) is 0. The van der Waals surface area contributed by atoms with Gasteiger partial charge in [0.25, 0.3) is 0 Å². The number of rotatable bonds is 0. The SMILES string of the molecule is CC1CN(Br)CCO1. The van der Waals surface area contributed by atoms with Crippen LogP contribution in [0.15, 0.2) is 0 Å². The summed E-state index contributed by atoms with van der Waals surface area (Å²) in [6.07, 6.45) is 0.392. The molecule has 3 heteroatoms. The molecule has 1 unspecified atom stereocenters. The Morgan fingerprint density at radius 2 is 2.50 bits per heavy atom. The molecule has 1 aliphatic heterocycles. The molecule has 1 saturated heterocycles. The van der Waals surface area contributed by atoms with Crippen LogP contribution in [0.1, 0.15) is 6.92 Å². The Labute approximate surface area is 58.1 Å². The molecule has 1 fully saturated rings. The molecular weight excluding hydrogens is 170 g/mol. The second-order valence-electron chi connectivity index (χ2n) is 2.05. The molecule has 2 nitrogen and oxygen atoms in total. The van der Waals surface area contributed by atoms with E-state index in [1.54, 1.807) is 0 Å². The van der Waals surface area contributed by atoms with E-state index in [1.807, 2.05) is 0 Å². The molecule has 0 amide bonds. The van der Waals surface area contributed by atoms with Gasteiger partial charge < -0.3 is 4.74 Å². The minimum atomic E-state index is 0.392. The van der Waals surface area contributed by atoms with Crippen LogP contribution in [0.4, 0.5) is 0 Å². The van der Waals surface area contributed by atoms with E-state index in [2.05, 4.69) is 27.0 Å². The van der Waals surface area contributed by atoms with Gasteiger partial charge in [-0.25, -0.2) is 3.93 Å². The summed E-state index contributed by atoms with van der Waals surface area (Å²) >= 11 is 3.38. The van der Waals surface area contributed by atoms with Crippen molar-refractivity contribution in [3.63, 3.8) is 0 Å². The first-order chi connectivity index (χ1) is 3.79. The van der Waals surface area contributed by atoms with Crippen molar-refractivity contribution >= 4 is 16.1 Å². The van der Waals surface area contributed by atoms with Crippen molar-refractivity contribution in [3.8, 4) is 0 Å². The molecule has 0 bridgehead atoms. The molecule has 0 aromatic rings. The molecule has 1 aliphatic rings. The zero-order valence-electron chi connectivity index (χ0n) is 4.93. The quantitative estimate of drug-likeness (QED) is 0.516. The maximum atomic E-state index is 5.28. The van der Waals surface area contributed by atoms with Crippen molar-refractivity contribution < 1.29 is 4.74 Å². The van der Waals surface area contributed by atoms with E-state index in [0.29, 0.717) is 6.10 Å². The van der Waals surface area contributed by atoms with Gasteiger partial charge in [-0.15, -0.1) is 0 Å². The van der Waals surface area contributed by atoms with Crippen LogP contribution in [0, 0.1) is 0 Å². The van der Waals surface area contributed by atoms with Crippen LogP contribution >= 0.6 is 16.1 Å². The highest BCUT2D eigenvalue weighted by atomic mass is 79.9. The zero-order chi connectivity index (χ0) is 5.98. The van der Waals surface area contributed by atoms with Gasteiger partial charge in [0, 0.05) is 29.2 Å². The lowest BCUT2D eigenvalue weighted by atomic mass is 10.3. The first-order valence-corrected chi connectivity index (χ1v) is 3.52. The van der Waals surface area contributed by atoms with Crippen LogP contribution in [0.25, 0.3) is 0 Å². The molecule has 0 aromatic heterocycles. The highest BCUT2D eigenvalue weighted by Crippen LogP contribution is 2.07. The van der Waals surface area contributed by atoms with Crippen LogP contribution < -0.4 is 0 Å². The van der Waals surface area contributed by atoms with Gasteiger partial charge in [0.1, 0.15) is 0 Å². The standard InChI is InChI=1S/C5H10BrNO/c1-5-4-7(6)2-3-8-5/h5H,2-4H2,1H3. The fourth-order valence-electron chi connectivity index (χ4n) is 0.776. The molecule has 1 atom stereocenters. The van der Waals surface area contributed by atoms with Crippen LogP contribution in [0.5, 0.6) is 0 Å². The Hall–Kier alpha value is 0.400. The number of halogens is 1. The average Bonchev–Trinajstić information content (AvgIpc) is 1.64. The smallest absolute Gasteiger partial charge is 0.0683 e. The molecule has 1 heterocycles. The lowest BCUT2D eigenvalue weighted by Gasteiger charge is -2.25. The molecule has 8 heavy (non-hydrogen) atoms. The lowest BCUT2D eigenvalue weighted by Crippen LogP contribution is -2.34. The minimum absolute atomic E-state index is 0.392. The first kappa shape index (κ1) is 6.52. The summed E-state index contributed by atoms with van der Waals surface area (Å²) in [5.41, 5.74) is 0. The van der Waals surface area contributed by atoms with Gasteiger partial charge in [-0.05, 0) is 6.92 Å². The van der Waals surface area contributed by atoms with Crippen molar-refractivity contribution in [2.75, 3.05) is 19.7 Å². The van der Waals surface area contributed by atoms with Gasteiger partial charge in [-0.3, -0.25) is 0 Å². The number of nitrogens with zero attached hydrogens (tertiary/aromatic N) is 1. The van der Waals surface area contributed by atoms with Crippen LogP contribution in [-0.4, -0.2) is 29.7 Å². The molecule has 0 aliphatic carbocycles. The average molecular weight is 180 g/mol. The second kappa shape index (κ2) is 2.80. The maximum absolute atomic E-state index is 5.28. The van der Waals surface area contributed by atoms with Crippen molar-refractivity contribution in [2.45, 2.75) is 13.0 Å². The third kappa shape index (κ3) is 1.73. The van der Waals surface area contributed by atoms with Crippen LogP contribution in [0.2, 0.25) is 0 Å². The van der Waals surface area contributed by atoms with Gasteiger partial charge in [0.05, 0.1) is 12.7 Å². The van der Waals surface area contributed by atoms with E-state index < -0.39 is 0 Å². The van der Waals surface area contributed by atoms with Gasteiger partial charge in [-0.1, -0.05) is 0 Å². The fourth-order valence-corrected chi connectivity index (χ4v) is 1.33. The largest absolute Gasteiger partial charge is 0.376 e. The molecule has 0 radical (unpaired) electrons. The van der Waals surface area contributed by atoms with Crippen LogP contribution in [0.3, 0.4) is 0 Å². The Morgan fingerprint density at radius 3 is 2.88 bits per heavy atom. The van der Waals surface area contributed by atoms with Crippen molar-refractivity contribution in [2.24, 2.45) is 0 Å². The van der Waals surface area contributed by atoms with Gasteiger partial charge in [0.2, 0.25) is 0 Å². The van der Waals surface area contributed by atoms with E-state index in [4.69, 9.17) is 4.74 Å². The maximum Gasteiger partial charge on any atom is 0.0683 e. The molecule has 48 valence electrons. The third-order valence-corrected chi connectivity index (χ3v) is 1.84. The minimum Gasteiger partial charge on any atom is -0.376 e. The number of hydrogen-bond acceptors (Lipinski definition) is 2. The van der Waals surface area contributed by atoms with Crippen molar-refractivity contribution in [3.05, 3.63) is 0 Å². The number of morpholine rings is 1. The van der Waals surface area contributed by atoms with Gasteiger partial charge in [0.15, 0.2) is 0 Å². The lowest BCUT2D eigenvalue weighted by molar-refractivity contribution is 0.0157. The molecule has 0 aromatic carbocycles. The molecule has 0 saturated carbocycles. The molecular formula is C5H10BrNO. The highest BCUT2D eigenvalue weighted by molar-refractivity contribution is 9.07. The Morgan fingerprint density at radius 1 is 1.75 bits per heavy atom.